The van der Waals surface area contributed by atoms with E-state index in [0.717, 1.165) is 36.9 Å². The molecule has 33 heavy (non-hydrogen) atoms. The highest BCUT2D eigenvalue weighted by Gasteiger charge is 2.22. The second-order valence-corrected chi connectivity index (χ2v) is 8.15. The lowest BCUT2D eigenvalue weighted by atomic mass is 10.1. The van der Waals surface area contributed by atoms with Gasteiger partial charge < -0.3 is 15.4 Å². The van der Waals surface area contributed by atoms with E-state index >= 15 is 0 Å². The number of hydrogen-bond donors (Lipinski definition) is 2. The average Bonchev–Trinajstić information content (AvgIpc) is 2.78. The van der Waals surface area contributed by atoms with Crippen molar-refractivity contribution in [2.75, 3.05) is 31.6 Å². The van der Waals surface area contributed by atoms with Gasteiger partial charge in [0.2, 0.25) is 11.8 Å². The summed E-state index contributed by atoms with van der Waals surface area (Å²) in [5.41, 5.74) is 1.24. The molecule has 7 nitrogen and oxygen atoms in total. The van der Waals surface area contributed by atoms with Crippen LogP contribution >= 0.6 is 0 Å². The zero-order valence-electron chi connectivity index (χ0n) is 18.9. The van der Waals surface area contributed by atoms with Crippen molar-refractivity contribution in [2.24, 2.45) is 0 Å². The van der Waals surface area contributed by atoms with E-state index in [-0.39, 0.29) is 18.0 Å². The van der Waals surface area contributed by atoms with Gasteiger partial charge in [-0.1, -0.05) is 19.4 Å². The van der Waals surface area contributed by atoms with E-state index in [9.17, 15) is 18.4 Å². The molecule has 0 saturated carbocycles. The summed E-state index contributed by atoms with van der Waals surface area (Å²) in [6, 6.07) is 6.01. The largest absolute Gasteiger partial charge is 0.379 e. The molecule has 2 atom stereocenters. The molecule has 0 spiro atoms. The number of carbonyl (C=O) groups excluding carboxylic acids is 2. The van der Waals surface area contributed by atoms with E-state index < -0.39 is 29.5 Å². The van der Waals surface area contributed by atoms with Gasteiger partial charge >= 0.3 is 0 Å². The molecule has 3 rings (SSSR count). The maximum absolute atomic E-state index is 13.4. The Kier molecular flexibility index (Phi) is 8.85. The Balaban J connectivity index is 1.58. The number of carbonyl (C=O) groups is 2. The van der Waals surface area contributed by atoms with Crippen LogP contribution in [-0.2, 0) is 20.7 Å². The summed E-state index contributed by atoms with van der Waals surface area (Å²) >= 11 is 0. The summed E-state index contributed by atoms with van der Waals surface area (Å²) in [7, 11) is 0. The number of nitrogens with zero attached hydrogens (tertiary/aromatic N) is 2. The highest BCUT2D eigenvalue weighted by molar-refractivity contribution is 5.96. The third-order valence-electron chi connectivity index (χ3n) is 5.63. The minimum atomic E-state index is -0.783. The van der Waals surface area contributed by atoms with Gasteiger partial charge in [0.15, 0.2) is 0 Å². The Morgan fingerprint density at radius 2 is 1.85 bits per heavy atom. The molecule has 0 radical (unpaired) electrons. The van der Waals surface area contributed by atoms with Crippen molar-refractivity contribution >= 4 is 17.6 Å². The van der Waals surface area contributed by atoms with Gasteiger partial charge in [0, 0.05) is 31.4 Å². The Labute approximate surface area is 192 Å². The van der Waals surface area contributed by atoms with Gasteiger partial charge in [-0.2, -0.15) is 0 Å². The molecule has 2 amide bonds. The first kappa shape index (κ1) is 24.7. The van der Waals surface area contributed by atoms with Crippen LogP contribution in [0.25, 0.3) is 0 Å². The highest BCUT2D eigenvalue weighted by atomic mass is 19.1. The van der Waals surface area contributed by atoms with Crippen molar-refractivity contribution in [1.29, 1.82) is 0 Å². The average molecular weight is 461 g/mol. The molecule has 1 saturated heterocycles. The molecule has 1 aliphatic heterocycles. The minimum Gasteiger partial charge on any atom is -0.379 e. The van der Waals surface area contributed by atoms with Crippen molar-refractivity contribution in [3.8, 4) is 0 Å². The van der Waals surface area contributed by atoms with Crippen molar-refractivity contribution in [1.82, 2.24) is 15.2 Å². The van der Waals surface area contributed by atoms with E-state index in [4.69, 9.17) is 4.74 Å². The van der Waals surface area contributed by atoms with Crippen molar-refractivity contribution in [3.05, 3.63) is 59.3 Å². The lowest BCUT2D eigenvalue weighted by molar-refractivity contribution is -0.126. The SMILES string of the molecule is CCCC(NC(=O)Cc1cc(F)cc(F)c1)C(=O)Nc1ccc(C(C)N2CCOCC2)cn1. The van der Waals surface area contributed by atoms with Gasteiger partial charge in [0.25, 0.3) is 0 Å². The van der Waals surface area contributed by atoms with Crippen LogP contribution in [0.1, 0.15) is 43.9 Å². The predicted octanol–water partition coefficient (Wildman–Crippen LogP) is 3.22. The third kappa shape index (κ3) is 7.30. The van der Waals surface area contributed by atoms with E-state index in [0.29, 0.717) is 31.9 Å². The summed E-state index contributed by atoms with van der Waals surface area (Å²) in [6.45, 7) is 7.15. The number of anilines is 1. The number of ether oxygens (including phenoxy) is 1. The first-order valence-electron chi connectivity index (χ1n) is 11.2. The molecule has 1 fully saturated rings. The van der Waals surface area contributed by atoms with Crippen LogP contribution in [0.5, 0.6) is 0 Å². The van der Waals surface area contributed by atoms with E-state index in [1.54, 1.807) is 12.3 Å². The van der Waals surface area contributed by atoms with Gasteiger partial charge in [-0.15, -0.1) is 0 Å². The number of morpholine rings is 1. The molecule has 9 heteroatoms. The fourth-order valence-corrected chi connectivity index (χ4v) is 3.82. The van der Waals surface area contributed by atoms with Crippen molar-refractivity contribution in [2.45, 2.75) is 45.2 Å². The normalized spacial score (nSPS) is 16.1. The summed E-state index contributed by atoms with van der Waals surface area (Å²) in [6.07, 6.45) is 2.59. The van der Waals surface area contributed by atoms with Crippen LogP contribution in [0.15, 0.2) is 36.5 Å². The molecular weight excluding hydrogens is 430 g/mol. The molecule has 0 aliphatic carbocycles. The van der Waals surface area contributed by atoms with Crippen LogP contribution in [0.4, 0.5) is 14.6 Å². The van der Waals surface area contributed by atoms with Crippen LogP contribution in [-0.4, -0.2) is 54.0 Å². The van der Waals surface area contributed by atoms with Gasteiger partial charge in [-0.25, -0.2) is 13.8 Å². The second-order valence-electron chi connectivity index (χ2n) is 8.15. The summed E-state index contributed by atoms with van der Waals surface area (Å²) in [5.74, 6) is -2.00. The number of aromatic nitrogens is 1. The first-order chi connectivity index (χ1) is 15.9. The fourth-order valence-electron chi connectivity index (χ4n) is 3.82. The molecular formula is C24H30F2N4O3. The third-order valence-corrected chi connectivity index (χ3v) is 5.63. The molecule has 2 N–H and O–H groups in total. The fraction of sp³-hybridized carbons (Fsp3) is 0.458. The van der Waals surface area contributed by atoms with Gasteiger partial charge in [0.05, 0.1) is 19.6 Å². The van der Waals surface area contributed by atoms with Gasteiger partial charge in [-0.3, -0.25) is 14.5 Å². The molecule has 1 aromatic carbocycles. The smallest absolute Gasteiger partial charge is 0.248 e. The molecule has 0 bridgehead atoms. The molecule has 2 unspecified atom stereocenters. The maximum atomic E-state index is 13.4. The predicted molar refractivity (Wildman–Crippen MR) is 121 cm³/mol. The van der Waals surface area contributed by atoms with Gasteiger partial charge in [0.1, 0.15) is 23.5 Å². The minimum absolute atomic E-state index is 0.186. The summed E-state index contributed by atoms with van der Waals surface area (Å²) in [4.78, 5) is 31.8. The number of nitrogens with one attached hydrogen (secondary N) is 2. The van der Waals surface area contributed by atoms with Crippen LogP contribution < -0.4 is 10.6 Å². The zero-order valence-corrected chi connectivity index (χ0v) is 18.9. The van der Waals surface area contributed by atoms with Crippen LogP contribution in [0.2, 0.25) is 0 Å². The number of hydrogen-bond acceptors (Lipinski definition) is 5. The van der Waals surface area contributed by atoms with E-state index in [2.05, 4.69) is 27.4 Å². The first-order valence-corrected chi connectivity index (χ1v) is 11.2. The molecule has 178 valence electrons. The molecule has 1 aliphatic rings. The Bertz CT molecular complexity index is 929. The second kappa shape index (κ2) is 11.8. The van der Waals surface area contributed by atoms with E-state index in [1.165, 1.54) is 0 Å². The van der Waals surface area contributed by atoms with Crippen LogP contribution in [0, 0.1) is 11.6 Å². The summed E-state index contributed by atoms with van der Waals surface area (Å²) < 4.78 is 32.1. The summed E-state index contributed by atoms with van der Waals surface area (Å²) in [5, 5.41) is 5.40. The Morgan fingerprint density at radius 3 is 2.45 bits per heavy atom. The van der Waals surface area contributed by atoms with Crippen molar-refractivity contribution in [3.63, 3.8) is 0 Å². The number of rotatable bonds is 9. The standard InChI is InChI=1S/C24H30F2N4O3/c1-3-4-21(28-23(31)13-17-11-19(25)14-20(26)12-17)24(32)29-22-6-5-18(15-27-22)16(2)30-7-9-33-10-8-30/h5-6,11-12,14-16,21H,3-4,7-10,13H2,1-2H3,(H,28,31)(H,27,29,32). The quantitative estimate of drug-likeness (QED) is 0.601. The molecule has 1 aromatic heterocycles. The number of pyridine rings is 1. The number of amides is 2. The lowest BCUT2D eigenvalue weighted by Gasteiger charge is -2.32. The Morgan fingerprint density at radius 1 is 1.15 bits per heavy atom. The topological polar surface area (TPSA) is 83.6 Å². The zero-order chi connectivity index (χ0) is 23.8. The lowest BCUT2D eigenvalue weighted by Crippen LogP contribution is -2.44. The monoisotopic (exact) mass is 460 g/mol. The van der Waals surface area contributed by atoms with Crippen LogP contribution in [0.3, 0.4) is 0 Å². The van der Waals surface area contributed by atoms with Crippen molar-refractivity contribution < 1.29 is 23.1 Å². The highest BCUT2D eigenvalue weighted by Crippen LogP contribution is 2.21. The molecule has 2 aromatic rings. The number of halogens is 2. The number of benzene rings is 1. The Hall–Kier alpha value is -2.91. The molecule has 2 heterocycles. The maximum Gasteiger partial charge on any atom is 0.248 e. The van der Waals surface area contributed by atoms with E-state index in [1.807, 2.05) is 13.0 Å². The van der Waals surface area contributed by atoms with Gasteiger partial charge in [-0.05, 0) is 42.7 Å².